The molecule has 1 aromatic heterocycles. The van der Waals surface area contributed by atoms with Crippen LogP contribution in [0.25, 0.3) is 10.9 Å². The van der Waals surface area contributed by atoms with Gasteiger partial charge in [-0.2, -0.15) is 0 Å². The highest BCUT2D eigenvalue weighted by Gasteiger charge is 2.28. The number of fused-ring (bicyclic) bond motifs is 1. The minimum absolute atomic E-state index is 0.0893. The molecule has 27 heavy (non-hydrogen) atoms. The molecule has 2 atom stereocenters. The number of hydrogen-bond acceptors (Lipinski definition) is 5. The van der Waals surface area contributed by atoms with E-state index < -0.39 is 22.1 Å². The van der Waals surface area contributed by atoms with Crippen molar-refractivity contribution in [1.82, 2.24) is 4.98 Å². The predicted molar refractivity (Wildman–Crippen MR) is 101 cm³/mol. The number of piperidine rings is 1. The Morgan fingerprint density at radius 2 is 1.85 bits per heavy atom. The second-order valence-corrected chi connectivity index (χ2v) is 8.60. The smallest absolute Gasteiger partial charge is 0.208 e. The summed E-state index contributed by atoms with van der Waals surface area (Å²) in [7, 11) is -3.65. The lowest BCUT2D eigenvalue weighted by molar-refractivity contribution is 0.0616. The number of para-hydroxylation sites is 1. The van der Waals surface area contributed by atoms with Crippen molar-refractivity contribution in [3.05, 3.63) is 60.8 Å². The van der Waals surface area contributed by atoms with Gasteiger partial charge in [-0.3, -0.25) is 4.98 Å². The van der Waals surface area contributed by atoms with Crippen LogP contribution in [-0.2, 0) is 9.84 Å². The third kappa shape index (κ3) is 3.28. The number of aromatic nitrogens is 1. The lowest BCUT2D eigenvalue weighted by Gasteiger charge is -2.34. The largest absolute Gasteiger partial charge is 0.390 e. The third-order valence-electron chi connectivity index (χ3n) is 4.88. The zero-order chi connectivity index (χ0) is 19.0. The standard InChI is InChI=1S/C20H19FN2O3S/c21-17-13-23(10-9-19(17)24)18-8-4-5-14-11-16(12-22-20(14)18)27(25,26)15-6-2-1-3-7-15/h1-8,11-12,17,19,24H,9-10,13H2/t17-,19+/m0/s1. The number of anilines is 1. The van der Waals surface area contributed by atoms with E-state index in [-0.39, 0.29) is 16.3 Å². The number of aliphatic hydroxyl groups is 1. The van der Waals surface area contributed by atoms with Gasteiger partial charge in [0.05, 0.1) is 33.6 Å². The number of hydrogen-bond donors (Lipinski definition) is 1. The fourth-order valence-corrected chi connectivity index (χ4v) is 4.63. The summed E-state index contributed by atoms with van der Waals surface area (Å²) in [5.74, 6) is 0. The molecule has 1 fully saturated rings. The summed E-state index contributed by atoms with van der Waals surface area (Å²) in [6.45, 7) is 0.610. The zero-order valence-corrected chi connectivity index (χ0v) is 15.3. The van der Waals surface area contributed by atoms with E-state index in [4.69, 9.17) is 0 Å². The summed E-state index contributed by atoms with van der Waals surface area (Å²) in [5, 5.41) is 10.3. The van der Waals surface area contributed by atoms with E-state index in [0.717, 1.165) is 5.69 Å². The van der Waals surface area contributed by atoms with Crippen molar-refractivity contribution in [2.75, 3.05) is 18.0 Å². The first-order valence-corrected chi connectivity index (χ1v) is 10.2. The molecule has 4 rings (SSSR count). The van der Waals surface area contributed by atoms with E-state index in [2.05, 4.69) is 4.98 Å². The Hall–Kier alpha value is -2.51. The molecule has 1 saturated heterocycles. The van der Waals surface area contributed by atoms with E-state index in [9.17, 15) is 17.9 Å². The van der Waals surface area contributed by atoms with E-state index in [0.29, 0.717) is 23.9 Å². The second-order valence-electron chi connectivity index (χ2n) is 6.65. The molecule has 0 bridgehead atoms. The summed E-state index contributed by atoms with van der Waals surface area (Å²) >= 11 is 0. The van der Waals surface area contributed by atoms with Gasteiger partial charge in [-0.1, -0.05) is 30.3 Å². The Morgan fingerprint density at radius 1 is 1.07 bits per heavy atom. The van der Waals surface area contributed by atoms with Gasteiger partial charge >= 0.3 is 0 Å². The Bertz CT molecular complexity index is 1070. The quantitative estimate of drug-likeness (QED) is 0.749. The lowest BCUT2D eigenvalue weighted by atomic mass is 10.0. The van der Waals surface area contributed by atoms with Gasteiger partial charge in [0.2, 0.25) is 9.84 Å². The number of benzene rings is 2. The van der Waals surface area contributed by atoms with Gasteiger partial charge in [-0.25, -0.2) is 12.8 Å². The number of rotatable bonds is 3. The van der Waals surface area contributed by atoms with Gasteiger partial charge in [-0.15, -0.1) is 0 Å². The van der Waals surface area contributed by atoms with Crippen LogP contribution in [0.4, 0.5) is 10.1 Å². The van der Waals surface area contributed by atoms with Crippen LogP contribution in [0.1, 0.15) is 6.42 Å². The van der Waals surface area contributed by atoms with Crippen molar-refractivity contribution in [2.24, 2.45) is 0 Å². The highest BCUT2D eigenvalue weighted by Crippen LogP contribution is 2.30. The van der Waals surface area contributed by atoms with Crippen LogP contribution in [0.15, 0.2) is 70.6 Å². The van der Waals surface area contributed by atoms with Gasteiger partial charge in [0, 0.05) is 18.1 Å². The second kappa shape index (κ2) is 6.90. The number of sulfone groups is 1. The summed E-state index contributed by atoms with van der Waals surface area (Å²) in [6.07, 6.45) is -0.559. The molecule has 0 amide bonds. The van der Waals surface area contributed by atoms with Crippen LogP contribution in [0.5, 0.6) is 0 Å². The van der Waals surface area contributed by atoms with Crippen LogP contribution in [-0.4, -0.2) is 43.9 Å². The van der Waals surface area contributed by atoms with Crippen LogP contribution in [0.2, 0.25) is 0 Å². The molecular weight excluding hydrogens is 367 g/mol. The monoisotopic (exact) mass is 386 g/mol. The molecule has 2 heterocycles. The summed E-state index contributed by atoms with van der Waals surface area (Å²) < 4.78 is 39.6. The molecule has 1 aliphatic rings. The number of halogens is 1. The molecule has 7 heteroatoms. The van der Waals surface area contributed by atoms with E-state index in [1.807, 2.05) is 11.0 Å². The van der Waals surface area contributed by atoms with E-state index in [1.54, 1.807) is 48.5 Å². The molecule has 140 valence electrons. The minimum Gasteiger partial charge on any atom is -0.390 e. The van der Waals surface area contributed by atoms with E-state index in [1.165, 1.54) is 6.20 Å². The molecule has 1 aliphatic heterocycles. The van der Waals surface area contributed by atoms with Crippen molar-refractivity contribution >= 4 is 26.4 Å². The molecule has 3 aromatic rings. The molecule has 2 aromatic carbocycles. The van der Waals surface area contributed by atoms with E-state index >= 15 is 0 Å². The average molecular weight is 386 g/mol. The maximum atomic E-state index is 13.9. The van der Waals surface area contributed by atoms with Gasteiger partial charge in [0.1, 0.15) is 6.17 Å². The van der Waals surface area contributed by atoms with Gasteiger partial charge < -0.3 is 10.0 Å². The third-order valence-corrected chi connectivity index (χ3v) is 6.61. The van der Waals surface area contributed by atoms with Crippen molar-refractivity contribution in [3.63, 3.8) is 0 Å². The predicted octanol–water partition coefficient (Wildman–Crippen LogP) is 2.98. The highest BCUT2D eigenvalue weighted by molar-refractivity contribution is 7.91. The van der Waals surface area contributed by atoms with Crippen LogP contribution < -0.4 is 4.90 Å². The number of alkyl halides is 1. The number of aliphatic hydroxyl groups excluding tert-OH is 1. The Kier molecular flexibility index (Phi) is 4.57. The highest BCUT2D eigenvalue weighted by atomic mass is 32.2. The molecule has 1 N–H and O–H groups in total. The summed E-state index contributed by atoms with van der Waals surface area (Å²) in [5.41, 5.74) is 1.36. The summed E-state index contributed by atoms with van der Waals surface area (Å²) in [6, 6.07) is 15.3. The molecule has 0 unspecified atom stereocenters. The fraction of sp³-hybridized carbons (Fsp3) is 0.250. The van der Waals surface area contributed by atoms with Crippen molar-refractivity contribution in [1.29, 1.82) is 0 Å². The maximum absolute atomic E-state index is 13.9. The Balaban J connectivity index is 1.75. The first-order chi connectivity index (χ1) is 13.0. The average Bonchev–Trinajstić information content (AvgIpc) is 2.70. The molecule has 0 spiro atoms. The van der Waals surface area contributed by atoms with Crippen LogP contribution in [0, 0.1) is 0 Å². The molecule has 0 saturated carbocycles. The molecule has 5 nitrogen and oxygen atoms in total. The summed E-state index contributed by atoms with van der Waals surface area (Å²) in [4.78, 5) is 6.57. The molecular formula is C20H19FN2O3S. The zero-order valence-electron chi connectivity index (χ0n) is 14.5. The van der Waals surface area contributed by atoms with Crippen molar-refractivity contribution in [2.45, 2.75) is 28.5 Å². The molecule has 0 aliphatic carbocycles. The van der Waals surface area contributed by atoms with Gasteiger partial charge in [-0.05, 0) is 30.7 Å². The topological polar surface area (TPSA) is 70.5 Å². The number of pyridine rings is 1. The van der Waals surface area contributed by atoms with Crippen LogP contribution >= 0.6 is 0 Å². The fourth-order valence-electron chi connectivity index (χ4n) is 3.37. The first kappa shape index (κ1) is 17.9. The van der Waals surface area contributed by atoms with Gasteiger partial charge in [0.25, 0.3) is 0 Å². The SMILES string of the molecule is O=S(=O)(c1ccccc1)c1cnc2c(N3CC[C@@H](O)[C@@H](F)C3)cccc2c1. The normalized spacial score (nSPS) is 20.7. The minimum atomic E-state index is -3.65. The molecule has 0 radical (unpaired) electrons. The number of nitrogens with zero attached hydrogens (tertiary/aromatic N) is 2. The lowest BCUT2D eigenvalue weighted by Crippen LogP contribution is -2.44. The Labute approximate surface area is 157 Å². The van der Waals surface area contributed by atoms with Crippen molar-refractivity contribution in [3.8, 4) is 0 Å². The van der Waals surface area contributed by atoms with Crippen molar-refractivity contribution < 1.29 is 17.9 Å². The van der Waals surface area contributed by atoms with Crippen LogP contribution in [0.3, 0.4) is 0 Å². The van der Waals surface area contributed by atoms with Gasteiger partial charge in [0.15, 0.2) is 0 Å². The Morgan fingerprint density at radius 3 is 2.59 bits per heavy atom. The maximum Gasteiger partial charge on any atom is 0.208 e. The first-order valence-electron chi connectivity index (χ1n) is 8.73.